The molecule has 0 heterocycles. The van der Waals surface area contributed by atoms with Gasteiger partial charge in [-0.15, -0.1) is 0 Å². The normalized spacial score (nSPS) is 14.9. The molecular weight excluding hydrogens is 395 g/mol. The first-order chi connectivity index (χ1) is 11.1. The predicted octanol–water partition coefficient (Wildman–Crippen LogP) is 3.74. The largest absolute Gasteiger partial charge is 0.500 e. The molecule has 4 nitrogen and oxygen atoms in total. The van der Waals surface area contributed by atoms with Crippen LogP contribution in [0.1, 0.15) is 6.42 Å². The second-order valence-corrected chi connectivity index (χ2v) is 7.89. The van der Waals surface area contributed by atoms with Gasteiger partial charge in [0, 0.05) is 34.0 Å². The van der Waals surface area contributed by atoms with Crippen LogP contribution in [0.25, 0.3) is 0 Å². The van der Waals surface area contributed by atoms with Gasteiger partial charge in [-0.3, -0.25) is 0 Å². The highest BCUT2D eigenvalue weighted by Gasteiger charge is 2.81. The number of alkyl halides is 9. The monoisotopic (exact) mass is 412 g/mol. The van der Waals surface area contributed by atoms with Crippen LogP contribution in [0.2, 0.25) is 6.04 Å². The molecule has 0 aliphatic heterocycles. The van der Waals surface area contributed by atoms with Crippen molar-refractivity contribution < 1.29 is 57.5 Å². The maximum Gasteiger partial charge on any atom is 0.500 e. The molecule has 0 amide bonds. The van der Waals surface area contributed by atoms with E-state index in [0.29, 0.717) is 0 Å². The minimum absolute atomic E-state index is 0.0111. The van der Waals surface area contributed by atoms with Crippen LogP contribution in [-0.4, -0.2) is 67.3 Å². The minimum atomic E-state index is -6.92. The Morgan fingerprint density at radius 1 is 0.720 bits per heavy atom. The Morgan fingerprint density at radius 3 is 1.52 bits per heavy atom. The molecule has 152 valence electrons. The summed E-state index contributed by atoms with van der Waals surface area (Å²) in [6.07, 6.45) is -6.96. The minimum Gasteiger partial charge on any atom is -0.377 e. The number of hydrogen-bond acceptors (Lipinski definition) is 4. The lowest BCUT2D eigenvalue weighted by molar-refractivity contribution is -0.399. The second kappa shape index (κ2) is 8.41. The molecule has 0 N–H and O–H groups in total. The van der Waals surface area contributed by atoms with Gasteiger partial charge in [0.05, 0.1) is 0 Å². The number of ether oxygens (including phenoxy) is 1. The highest BCUT2D eigenvalue weighted by atomic mass is 28.4. The summed E-state index contributed by atoms with van der Waals surface area (Å²) in [6, 6.07) is 0.0111. The van der Waals surface area contributed by atoms with Gasteiger partial charge in [-0.25, -0.2) is 0 Å². The van der Waals surface area contributed by atoms with Crippen molar-refractivity contribution in [3.8, 4) is 0 Å². The maximum absolute atomic E-state index is 13.2. The zero-order valence-corrected chi connectivity index (χ0v) is 14.4. The lowest BCUT2D eigenvalue weighted by atomic mass is 10.0. The summed E-state index contributed by atoms with van der Waals surface area (Å²) < 4.78 is 132. The van der Waals surface area contributed by atoms with Crippen LogP contribution in [-0.2, 0) is 18.0 Å². The highest BCUT2D eigenvalue weighted by molar-refractivity contribution is 6.60. The Kier molecular flexibility index (Phi) is 8.22. The Hall–Kier alpha value is -0.573. The van der Waals surface area contributed by atoms with E-state index in [2.05, 4.69) is 4.74 Å². The third kappa shape index (κ3) is 5.21. The van der Waals surface area contributed by atoms with E-state index in [1.165, 1.54) is 21.3 Å². The summed E-state index contributed by atoms with van der Waals surface area (Å²) in [5, 5.41) is 0. The summed E-state index contributed by atoms with van der Waals surface area (Å²) in [5.74, 6) is -19.3. The first kappa shape index (κ1) is 24.4. The third-order valence-electron chi connectivity index (χ3n) is 3.20. The van der Waals surface area contributed by atoms with Crippen molar-refractivity contribution in [2.45, 2.75) is 36.4 Å². The van der Waals surface area contributed by atoms with Crippen molar-refractivity contribution in [1.82, 2.24) is 0 Å². The van der Waals surface area contributed by atoms with E-state index in [4.69, 9.17) is 13.3 Å². The van der Waals surface area contributed by atoms with Crippen LogP contribution in [0.4, 0.5) is 39.5 Å². The van der Waals surface area contributed by atoms with Gasteiger partial charge < -0.3 is 18.0 Å². The molecule has 0 fully saturated rings. The van der Waals surface area contributed by atoms with Gasteiger partial charge in [0.15, 0.2) is 0 Å². The molecule has 0 spiro atoms. The molecule has 0 radical (unpaired) electrons. The van der Waals surface area contributed by atoms with E-state index in [1.54, 1.807) is 0 Å². The Bertz CT molecular complexity index is 405. The van der Waals surface area contributed by atoms with Crippen molar-refractivity contribution in [1.29, 1.82) is 0 Å². The molecule has 0 saturated heterocycles. The smallest absolute Gasteiger partial charge is 0.377 e. The number of rotatable bonds is 11. The molecule has 0 aromatic rings. The summed E-state index contributed by atoms with van der Waals surface area (Å²) in [7, 11) is 0.643. The van der Waals surface area contributed by atoms with Crippen LogP contribution in [0.3, 0.4) is 0 Å². The first-order valence-electron chi connectivity index (χ1n) is 6.57. The summed E-state index contributed by atoms with van der Waals surface area (Å²) in [4.78, 5) is 0. The van der Waals surface area contributed by atoms with Gasteiger partial charge >= 0.3 is 32.7 Å². The third-order valence-corrected chi connectivity index (χ3v) is 6.03. The summed E-state index contributed by atoms with van der Waals surface area (Å²) in [6.45, 7) is -2.97. The van der Waals surface area contributed by atoms with E-state index in [-0.39, 0.29) is 12.5 Å². The van der Waals surface area contributed by atoms with E-state index < -0.39 is 46.0 Å². The fourth-order valence-electron chi connectivity index (χ4n) is 1.65. The van der Waals surface area contributed by atoms with Gasteiger partial charge in [-0.1, -0.05) is 0 Å². The lowest BCUT2D eigenvalue weighted by Crippen LogP contribution is -2.62. The molecule has 0 atom stereocenters. The molecule has 0 unspecified atom stereocenters. The second-order valence-electron chi connectivity index (χ2n) is 4.80. The van der Waals surface area contributed by atoms with E-state index in [0.717, 1.165) is 0 Å². The average molecular weight is 412 g/mol. The zero-order chi connectivity index (χ0) is 20.2. The van der Waals surface area contributed by atoms with Gasteiger partial charge in [-0.05, 0) is 6.42 Å². The molecule has 0 aromatic heterocycles. The summed E-state index contributed by atoms with van der Waals surface area (Å²) >= 11 is 0. The number of hydrogen-bond donors (Lipinski definition) is 0. The van der Waals surface area contributed by atoms with Crippen LogP contribution in [0, 0.1) is 0 Å². The standard InChI is InChI=1S/C11H17F9O4Si/c1-21-25(22-2,23-3)6-4-5-24-7-8(12,13)9(14,15)10(16,17)11(18,19)20/h4-7H2,1-3H3. The van der Waals surface area contributed by atoms with Crippen LogP contribution in [0.15, 0.2) is 0 Å². The van der Waals surface area contributed by atoms with Crippen LogP contribution >= 0.6 is 0 Å². The van der Waals surface area contributed by atoms with Crippen molar-refractivity contribution in [2.24, 2.45) is 0 Å². The Balaban J connectivity index is 4.74. The van der Waals surface area contributed by atoms with Gasteiger partial charge in [-0.2, -0.15) is 39.5 Å². The molecule has 0 aliphatic rings. The molecule has 0 saturated carbocycles. The molecule has 0 rings (SSSR count). The topological polar surface area (TPSA) is 36.9 Å². The summed E-state index contributed by atoms with van der Waals surface area (Å²) in [5.41, 5.74) is 0. The zero-order valence-electron chi connectivity index (χ0n) is 13.4. The maximum atomic E-state index is 13.2. The lowest BCUT2D eigenvalue weighted by Gasteiger charge is -2.33. The molecule has 0 bridgehead atoms. The number of halogens is 9. The van der Waals surface area contributed by atoms with Crippen LogP contribution < -0.4 is 0 Å². The van der Waals surface area contributed by atoms with Gasteiger partial charge in [0.2, 0.25) is 0 Å². The van der Waals surface area contributed by atoms with Crippen molar-refractivity contribution in [3.05, 3.63) is 0 Å². The van der Waals surface area contributed by atoms with E-state index in [9.17, 15) is 39.5 Å². The fraction of sp³-hybridized carbons (Fsp3) is 1.00. The van der Waals surface area contributed by atoms with E-state index in [1.807, 2.05) is 0 Å². The van der Waals surface area contributed by atoms with Gasteiger partial charge in [0.25, 0.3) is 0 Å². The Morgan fingerprint density at radius 2 is 1.16 bits per heavy atom. The highest BCUT2D eigenvalue weighted by Crippen LogP contribution is 2.53. The fourth-order valence-corrected chi connectivity index (χ4v) is 3.34. The molecule has 0 aliphatic carbocycles. The van der Waals surface area contributed by atoms with Crippen LogP contribution in [0.5, 0.6) is 0 Å². The molecule has 0 aromatic carbocycles. The van der Waals surface area contributed by atoms with E-state index >= 15 is 0 Å². The predicted molar refractivity (Wildman–Crippen MR) is 67.9 cm³/mol. The first-order valence-corrected chi connectivity index (χ1v) is 8.50. The average Bonchev–Trinajstić information content (AvgIpc) is 2.50. The SMILES string of the molecule is CO[Si](CCCOCC(F)(F)C(F)(F)C(F)(F)C(F)(F)F)(OC)OC. The van der Waals surface area contributed by atoms with Crippen molar-refractivity contribution >= 4 is 8.80 Å². The molecule has 14 heteroatoms. The Labute approximate surface area is 138 Å². The van der Waals surface area contributed by atoms with Gasteiger partial charge in [0.1, 0.15) is 6.61 Å². The quantitative estimate of drug-likeness (QED) is 0.294. The van der Waals surface area contributed by atoms with Crippen molar-refractivity contribution in [2.75, 3.05) is 34.5 Å². The molecular formula is C11H17F9O4Si. The van der Waals surface area contributed by atoms with Crippen molar-refractivity contribution in [3.63, 3.8) is 0 Å². The molecule has 25 heavy (non-hydrogen) atoms.